The van der Waals surface area contributed by atoms with Crippen LogP contribution in [0.1, 0.15) is 11.1 Å². The van der Waals surface area contributed by atoms with E-state index in [0.29, 0.717) is 18.9 Å². The zero-order chi connectivity index (χ0) is 16.7. The van der Waals surface area contributed by atoms with Crippen molar-refractivity contribution in [1.29, 1.82) is 0 Å². The second-order valence-electron chi connectivity index (χ2n) is 5.14. The predicted octanol–water partition coefficient (Wildman–Crippen LogP) is 3.02. The van der Waals surface area contributed by atoms with Gasteiger partial charge in [0.05, 0.1) is 6.54 Å². The highest BCUT2D eigenvalue weighted by molar-refractivity contribution is 5.77. The normalized spacial score (nSPS) is 10.2. The lowest BCUT2D eigenvalue weighted by atomic mass is 10.1. The summed E-state index contributed by atoms with van der Waals surface area (Å²) in [5.41, 5.74) is 2.26. The topological polar surface area (TPSA) is 47.6 Å². The van der Waals surface area contributed by atoms with Gasteiger partial charge in [-0.3, -0.25) is 4.79 Å². The van der Waals surface area contributed by atoms with E-state index in [1.165, 1.54) is 29.8 Å². The molecule has 4 nitrogen and oxygen atoms in total. The molecule has 0 aliphatic rings. The number of benzene rings is 2. The van der Waals surface area contributed by atoms with Crippen LogP contribution in [0.4, 0.5) is 4.39 Å². The van der Waals surface area contributed by atoms with Gasteiger partial charge in [0.15, 0.2) is 6.61 Å². The summed E-state index contributed by atoms with van der Waals surface area (Å²) in [6.07, 6.45) is 0. The van der Waals surface area contributed by atoms with Gasteiger partial charge in [0, 0.05) is 0 Å². The molecule has 0 radical (unpaired) electrons. The van der Waals surface area contributed by atoms with E-state index in [1.807, 2.05) is 32.0 Å². The first-order valence-electron chi connectivity index (χ1n) is 7.40. The van der Waals surface area contributed by atoms with Crippen LogP contribution in [0.25, 0.3) is 0 Å². The average molecular weight is 317 g/mol. The molecule has 0 spiro atoms. The number of carbonyl (C=O) groups is 1. The molecule has 23 heavy (non-hydrogen) atoms. The van der Waals surface area contributed by atoms with Gasteiger partial charge in [-0.25, -0.2) is 4.39 Å². The zero-order valence-corrected chi connectivity index (χ0v) is 13.3. The molecule has 122 valence electrons. The van der Waals surface area contributed by atoms with Crippen molar-refractivity contribution in [3.8, 4) is 11.5 Å². The Bertz CT molecular complexity index is 656. The summed E-state index contributed by atoms with van der Waals surface area (Å²) in [5.74, 6) is 0.680. The molecule has 0 aliphatic heterocycles. The van der Waals surface area contributed by atoms with Gasteiger partial charge in [-0.15, -0.1) is 0 Å². The highest BCUT2D eigenvalue weighted by Gasteiger charge is 2.04. The molecule has 0 saturated heterocycles. The minimum absolute atomic E-state index is 0.116. The lowest BCUT2D eigenvalue weighted by Crippen LogP contribution is -2.32. The van der Waals surface area contributed by atoms with Crippen molar-refractivity contribution < 1.29 is 18.7 Å². The molecule has 0 heterocycles. The number of rotatable bonds is 7. The van der Waals surface area contributed by atoms with Crippen LogP contribution in [0.5, 0.6) is 11.5 Å². The summed E-state index contributed by atoms with van der Waals surface area (Å²) in [4.78, 5) is 11.6. The Kier molecular flexibility index (Phi) is 5.97. The molecule has 1 N–H and O–H groups in total. The van der Waals surface area contributed by atoms with E-state index < -0.39 is 0 Å². The van der Waals surface area contributed by atoms with E-state index in [9.17, 15) is 9.18 Å². The third-order valence-corrected chi connectivity index (χ3v) is 3.42. The number of hydrogen-bond donors (Lipinski definition) is 1. The molecule has 0 atom stereocenters. The smallest absolute Gasteiger partial charge is 0.258 e. The van der Waals surface area contributed by atoms with Crippen molar-refractivity contribution in [3.63, 3.8) is 0 Å². The summed E-state index contributed by atoms with van der Waals surface area (Å²) in [6, 6.07) is 11.4. The molecule has 0 aromatic heterocycles. The van der Waals surface area contributed by atoms with Crippen LogP contribution in [-0.2, 0) is 4.79 Å². The maximum Gasteiger partial charge on any atom is 0.258 e. The van der Waals surface area contributed by atoms with Crippen molar-refractivity contribution in [2.45, 2.75) is 13.8 Å². The maximum atomic E-state index is 12.7. The summed E-state index contributed by atoms with van der Waals surface area (Å²) >= 11 is 0. The number of hydrogen-bond acceptors (Lipinski definition) is 3. The molecule has 0 bridgehead atoms. The molecule has 5 heteroatoms. The summed E-state index contributed by atoms with van der Waals surface area (Å²) in [5, 5.41) is 2.71. The van der Waals surface area contributed by atoms with E-state index in [-0.39, 0.29) is 18.3 Å². The monoisotopic (exact) mass is 317 g/mol. The Balaban J connectivity index is 1.67. The van der Waals surface area contributed by atoms with Gasteiger partial charge in [-0.05, 0) is 55.3 Å². The van der Waals surface area contributed by atoms with Gasteiger partial charge < -0.3 is 14.8 Å². The Morgan fingerprint density at radius 1 is 1.09 bits per heavy atom. The van der Waals surface area contributed by atoms with Crippen LogP contribution in [-0.4, -0.2) is 25.7 Å². The van der Waals surface area contributed by atoms with E-state index in [1.54, 1.807) is 0 Å². The van der Waals surface area contributed by atoms with Gasteiger partial charge >= 0.3 is 0 Å². The van der Waals surface area contributed by atoms with Crippen molar-refractivity contribution >= 4 is 5.91 Å². The zero-order valence-electron chi connectivity index (χ0n) is 13.3. The Hall–Kier alpha value is -2.56. The van der Waals surface area contributed by atoms with E-state index in [0.717, 1.165) is 11.3 Å². The van der Waals surface area contributed by atoms with Gasteiger partial charge in [-0.2, -0.15) is 0 Å². The third kappa shape index (κ3) is 5.29. The van der Waals surface area contributed by atoms with E-state index in [2.05, 4.69) is 5.32 Å². The number of ether oxygens (including phenoxy) is 2. The predicted molar refractivity (Wildman–Crippen MR) is 86.3 cm³/mol. The molecule has 0 saturated carbocycles. The first-order valence-corrected chi connectivity index (χ1v) is 7.40. The van der Waals surface area contributed by atoms with Crippen molar-refractivity contribution in [1.82, 2.24) is 5.32 Å². The molecule has 0 fully saturated rings. The van der Waals surface area contributed by atoms with Crippen LogP contribution in [0.15, 0.2) is 42.5 Å². The third-order valence-electron chi connectivity index (χ3n) is 3.42. The van der Waals surface area contributed by atoms with E-state index >= 15 is 0 Å². The van der Waals surface area contributed by atoms with Crippen molar-refractivity contribution in [2.75, 3.05) is 19.8 Å². The minimum Gasteiger partial charge on any atom is -0.491 e. The van der Waals surface area contributed by atoms with Crippen LogP contribution in [0, 0.1) is 19.7 Å². The number of aryl methyl sites for hydroxylation is 1. The first-order chi connectivity index (χ1) is 11.1. The number of carbonyl (C=O) groups excluding carboxylic acids is 1. The van der Waals surface area contributed by atoms with Gasteiger partial charge in [0.1, 0.15) is 23.9 Å². The number of nitrogens with one attached hydrogen (secondary N) is 1. The fourth-order valence-electron chi connectivity index (χ4n) is 1.96. The fourth-order valence-corrected chi connectivity index (χ4v) is 1.96. The van der Waals surface area contributed by atoms with Gasteiger partial charge in [0.25, 0.3) is 5.91 Å². The van der Waals surface area contributed by atoms with Crippen LogP contribution in [0.2, 0.25) is 0 Å². The second kappa shape index (κ2) is 8.17. The minimum atomic E-state index is -0.342. The molecule has 0 aliphatic carbocycles. The fraction of sp³-hybridized carbons (Fsp3) is 0.278. The Morgan fingerprint density at radius 2 is 1.83 bits per heavy atom. The lowest BCUT2D eigenvalue weighted by molar-refractivity contribution is -0.123. The first kappa shape index (κ1) is 16.8. The van der Waals surface area contributed by atoms with Crippen LogP contribution < -0.4 is 14.8 Å². The highest BCUT2D eigenvalue weighted by atomic mass is 19.1. The molecular formula is C18H20FNO3. The second-order valence-corrected chi connectivity index (χ2v) is 5.14. The quantitative estimate of drug-likeness (QED) is 0.799. The van der Waals surface area contributed by atoms with E-state index in [4.69, 9.17) is 9.47 Å². The SMILES string of the molecule is Cc1cccc(OCCNC(=O)COc2ccc(F)cc2)c1C. The van der Waals surface area contributed by atoms with Gasteiger partial charge in [0.2, 0.25) is 0 Å². The molecule has 1 amide bonds. The van der Waals surface area contributed by atoms with Crippen molar-refractivity contribution in [3.05, 3.63) is 59.4 Å². The molecule has 2 aromatic rings. The largest absolute Gasteiger partial charge is 0.491 e. The Morgan fingerprint density at radius 3 is 2.57 bits per heavy atom. The summed E-state index contributed by atoms with van der Waals surface area (Å²) in [6.45, 7) is 4.68. The molecule has 2 rings (SSSR count). The Labute approximate surface area is 135 Å². The number of halogens is 1. The van der Waals surface area contributed by atoms with Crippen LogP contribution in [0.3, 0.4) is 0 Å². The molecular weight excluding hydrogens is 297 g/mol. The molecule has 2 aromatic carbocycles. The highest BCUT2D eigenvalue weighted by Crippen LogP contribution is 2.20. The standard InChI is InChI=1S/C18H20FNO3/c1-13-4-3-5-17(14(13)2)22-11-10-20-18(21)12-23-16-8-6-15(19)7-9-16/h3-9H,10-12H2,1-2H3,(H,20,21). The summed E-state index contributed by atoms with van der Waals surface area (Å²) < 4.78 is 23.6. The summed E-state index contributed by atoms with van der Waals surface area (Å²) in [7, 11) is 0. The van der Waals surface area contributed by atoms with Crippen LogP contribution >= 0.6 is 0 Å². The van der Waals surface area contributed by atoms with Crippen molar-refractivity contribution in [2.24, 2.45) is 0 Å². The average Bonchev–Trinajstić information content (AvgIpc) is 2.55. The lowest BCUT2D eigenvalue weighted by Gasteiger charge is -2.11. The maximum absolute atomic E-state index is 12.7. The van der Waals surface area contributed by atoms with Gasteiger partial charge in [-0.1, -0.05) is 12.1 Å². The number of amides is 1. The molecule has 0 unspecified atom stereocenters.